The summed E-state index contributed by atoms with van der Waals surface area (Å²) < 4.78 is 51.0. The molecule has 0 radical (unpaired) electrons. The van der Waals surface area contributed by atoms with E-state index in [2.05, 4.69) is 20.4 Å². The van der Waals surface area contributed by atoms with Crippen LogP contribution in [0.5, 0.6) is 0 Å². The average molecular weight is 356 g/mol. The molecule has 6 nitrogen and oxygen atoms in total. The molecular weight excluding hydrogens is 348 g/mol. The highest BCUT2D eigenvalue weighted by Gasteiger charge is 2.38. The minimum Gasteiger partial charge on any atom is -0.335 e. The number of benzene rings is 1. The first kappa shape index (κ1) is 16.2. The van der Waals surface area contributed by atoms with Crippen LogP contribution in [0.2, 0.25) is 0 Å². The minimum atomic E-state index is -4.70. The van der Waals surface area contributed by atoms with E-state index in [1.807, 2.05) is 0 Å². The van der Waals surface area contributed by atoms with E-state index in [9.17, 15) is 17.6 Å². The van der Waals surface area contributed by atoms with E-state index in [1.54, 1.807) is 6.07 Å². The lowest BCUT2D eigenvalue weighted by Crippen LogP contribution is -2.21. The Bertz CT molecular complexity index is 844. The summed E-state index contributed by atoms with van der Waals surface area (Å²) >= 11 is 0.788. The Hall–Kier alpha value is -2.69. The van der Waals surface area contributed by atoms with Crippen LogP contribution in [-0.4, -0.2) is 25.1 Å². The quantitative estimate of drug-likeness (QED) is 0.574. The fourth-order valence-electron chi connectivity index (χ4n) is 1.78. The van der Waals surface area contributed by atoms with E-state index in [1.165, 1.54) is 30.3 Å². The van der Waals surface area contributed by atoms with E-state index in [4.69, 9.17) is 5.84 Å². The lowest BCUT2D eigenvalue weighted by molar-refractivity contribution is -0.146. The van der Waals surface area contributed by atoms with Crippen molar-refractivity contribution in [3.63, 3.8) is 0 Å². The molecule has 0 saturated heterocycles. The van der Waals surface area contributed by atoms with Crippen molar-refractivity contribution in [2.75, 3.05) is 5.84 Å². The molecule has 0 aliphatic rings. The SMILES string of the molecule is Nn1c(Sc2ccc(-c3ccc(F)cc3)nn2)nnc1C(F)(F)F. The number of hydrogen-bond acceptors (Lipinski definition) is 6. The molecule has 2 heterocycles. The lowest BCUT2D eigenvalue weighted by Gasteiger charge is -2.05. The van der Waals surface area contributed by atoms with Crippen molar-refractivity contribution < 1.29 is 17.6 Å². The van der Waals surface area contributed by atoms with E-state index < -0.39 is 12.0 Å². The highest BCUT2D eigenvalue weighted by Crippen LogP contribution is 2.31. The summed E-state index contributed by atoms with van der Waals surface area (Å²) in [5, 5.41) is 14.3. The first-order valence-corrected chi connectivity index (χ1v) is 7.21. The number of nitrogens with zero attached hydrogens (tertiary/aromatic N) is 5. The van der Waals surface area contributed by atoms with Crippen molar-refractivity contribution in [2.45, 2.75) is 16.4 Å². The fraction of sp³-hybridized carbons (Fsp3) is 0.0769. The molecule has 124 valence electrons. The van der Waals surface area contributed by atoms with Crippen molar-refractivity contribution in [2.24, 2.45) is 0 Å². The molecule has 0 saturated carbocycles. The summed E-state index contributed by atoms with van der Waals surface area (Å²) in [4.78, 5) is 0. The second-order valence-corrected chi connectivity index (χ2v) is 5.53. The van der Waals surface area contributed by atoms with Crippen LogP contribution in [0.1, 0.15) is 5.82 Å². The summed E-state index contributed by atoms with van der Waals surface area (Å²) in [6.45, 7) is 0. The van der Waals surface area contributed by atoms with Gasteiger partial charge in [0.2, 0.25) is 5.16 Å². The standard InChI is InChI=1S/C13H8F4N6S/c14-8-3-1-7(2-4-8)9-5-6-10(20-19-9)24-12-22-21-11(23(12)18)13(15,16)17/h1-6H,18H2. The first-order chi connectivity index (χ1) is 11.3. The predicted octanol–water partition coefficient (Wildman–Crippen LogP) is 2.76. The fourth-order valence-corrected chi connectivity index (χ4v) is 2.45. The van der Waals surface area contributed by atoms with Gasteiger partial charge in [0.05, 0.1) is 5.69 Å². The lowest BCUT2D eigenvalue weighted by atomic mass is 10.1. The topological polar surface area (TPSA) is 82.5 Å². The number of halogens is 4. The van der Waals surface area contributed by atoms with Crippen LogP contribution in [0, 0.1) is 5.82 Å². The van der Waals surface area contributed by atoms with Gasteiger partial charge in [-0.1, -0.05) is 0 Å². The van der Waals surface area contributed by atoms with Gasteiger partial charge in [-0.05, 0) is 48.2 Å². The maximum Gasteiger partial charge on any atom is 0.453 e. The Morgan fingerprint density at radius 2 is 1.62 bits per heavy atom. The van der Waals surface area contributed by atoms with E-state index in [0.717, 1.165) is 11.8 Å². The van der Waals surface area contributed by atoms with Crippen LogP contribution < -0.4 is 5.84 Å². The molecular formula is C13H8F4N6S. The third kappa shape index (κ3) is 3.30. The summed E-state index contributed by atoms with van der Waals surface area (Å²) in [5.74, 6) is 3.66. The van der Waals surface area contributed by atoms with Gasteiger partial charge in [0, 0.05) is 5.56 Å². The molecule has 0 fully saturated rings. The van der Waals surface area contributed by atoms with Crippen LogP contribution in [0.3, 0.4) is 0 Å². The molecule has 1 aromatic carbocycles. The molecule has 0 spiro atoms. The summed E-state index contributed by atoms with van der Waals surface area (Å²) in [6.07, 6.45) is -4.70. The Morgan fingerprint density at radius 3 is 2.17 bits per heavy atom. The van der Waals surface area contributed by atoms with Crippen LogP contribution in [0.4, 0.5) is 17.6 Å². The maximum atomic E-state index is 12.9. The number of aromatic nitrogens is 5. The van der Waals surface area contributed by atoms with Crippen LogP contribution in [0.25, 0.3) is 11.3 Å². The molecule has 0 aliphatic carbocycles. The smallest absolute Gasteiger partial charge is 0.335 e. The van der Waals surface area contributed by atoms with E-state index >= 15 is 0 Å². The van der Waals surface area contributed by atoms with Gasteiger partial charge in [-0.2, -0.15) is 13.2 Å². The Morgan fingerprint density at radius 1 is 0.917 bits per heavy atom. The van der Waals surface area contributed by atoms with Crippen molar-refractivity contribution in [1.29, 1.82) is 0 Å². The number of hydrogen-bond donors (Lipinski definition) is 1. The van der Waals surface area contributed by atoms with Gasteiger partial charge in [-0.3, -0.25) is 0 Å². The molecule has 0 aliphatic heterocycles. The number of nitrogens with two attached hydrogens (primary N) is 1. The van der Waals surface area contributed by atoms with Crippen molar-refractivity contribution in [3.8, 4) is 11.3 Å². The third-order valence-corrected chi connectivity index (χ3v) is 3.78. The third-order valence-electron chi connectivity index (χ3n) is 2.89. The minimum absolute atomic E-state index is 0.175. The van der Waals surface area contributed by atoms with Gasteiger partial charge < -0.3 is 5.84 Å². The van der Waals surface area contributed by atoms with Crippen LogP contribution in [-0.2, 0) is 6.18 Å². The van der Waals surface area contributed by atoms with Gasteiger partial charge in [-0.25, -0.2) is 9.07 Å². The Balaban J connectivity index is 1.80. The number of nitrogen functional groups attached to an aromatic ring is 1. The van der Waals surface area contributed by atoms with Crippen molar-refractivity contribution in [3.05, 3.63) is 48.0 Å². The summed E-state index contributed by atoms with van der Waals surface area (Å²) in [5.41, 5.74) is 1.14. The van der Waals surface area contributed by atoms with Gasteiger partial charge >= 0.3 is 6.18 Å². The monoisotopic (exact) mass is 356 g/mol. The van der Waals surface area contributed by atoms with Crippen LogP contribution >= 0.6 is 11.8 Å². The first-order valence-electron chi connectivity index (χ1n) is 6.40. The average Bonchev–Trinajstić information content (AvgIpc) is 2.90. The molecule has 3 aromatic rings. The molecule has 11 heteroatoms. The molecule has 2 N–H and O–H groups in total. The molecule has 0 amide bonds. The summed E-state index contributed by atoms with van der Waals surface area (Å²) in [7, 11) is 0. The normalized spacial score (nSPS) is 11.7. The molecule has 2 aromatic heterocycles. The largest absolute Gasteiger partial charge is 0.453 e. The molecule has 24 heavy (non-hydrogen) atoms. The highest BCUT2D eigenvalue weighted by molar-refractivity contribution is 7.99. The molecule has 0 atom stereocenters. The Labute approximate surface area is 136 Å². The van der Waals surface area contributed by atoms with E-state index in [0.29, 0.717) is 15.9 Å². The van der Waals surface area contributed by atoms with E-state index in [-0.39, 0.29) is 16.0 Å². The Kier molecular flexibility index (Phi) is 4.09. The highest BCUT2D eigenvalue weighted by atomic mass is 32.2. The zero-order valence-corrected chi connectivity index (χ0v) is 12.5. The molecule has 0 unspecified atom stereocenters. The predicted molar refractivity (Wildman–Crippen MR) is 76.7 cm³/mol. The number of rotatable bonds is 3. The second kappa shape index (κ2) is 6.07. The van der Waals surface area contributed by atoms with Gasteiger partial charge in [0.25, 0.3) is 5.82 Å². The number of alkyl halides is 3. The zero-order valence-electron chi connectivity index (χ0n) is 11.7. The van der Waals surface area contributed by atoms with Gasteiger partial charge in [0.1, 0.15) is 10.8 Å². The maximum absolute atomic E-state index is 12.9. The summed E-state index contributed by atoms with van der Waals surface area (Å²) in [6, 6.07) is 8.80. The van der Waals surface area contributed by atoms with Gasteiger partial charge in [-0.15, -0.1) is 20.4 Å². The van der Waals surface area contributed by atoms with Crippen molar-refractivity contribution >= 4 is 11.8 Å². The molecule has 3 rings (SSSR count). The molecule has 0 bridgehead atoms. The zero-order chi connectivity index (χ0) is 17.3. The van der Waals surface area contributed by atoms with Crippen LogP contribution in [0.15, 0.2) is 46.6 Å². The van der Waals surface area contributed by atoms with Crippen molar-refractivity contribution in [1.82, 2.24) is 25.1 Å². The van der Waals surface area contributed by atoms with Gasteiger partial charge in [0.15, 0.2) is 0 Å². The second-order valence-electron chi connectivity index (χ2n) is 4.54.